The molecule has 0 radical (unpaired) electrons. The number of anilines is 2. The minimum absolute atomic E-state index is 0.129. The number of halogens is 4. The summed E-state index contributed by atoms with van der Waals surface area (Å²) in [7, 11) is 1.80. The summed E-state index contributed by atoms with van der Waals surface area (Å²) < 4.78 is 48.5. The number of carbonyl (C=O) groups excluding carboxylic acids is 1. The zero-order valence-electron chi connectivity index (χ0n) is 11.6. The maximum Gasteiger partial charge on any atom is 0.416 e. The fourth-order valence-electron chi connectivity index (χ4n) is 1.47. The van der Waals surface area contributed by atoms with Gasteiger partial charge in [-0.05, 0) is 42.5 Å². The zero-order chi connectivity index (χ0) is 16.6. The van der Waals surface area contributed by atoms with Gasteiger partial charge in [-0.2, -0.15) is 13.2 Å². The van der Waals surface area contributed by atoms with Crippen LogP contribution in [-0.4, -0.2) is 13.5 Å². The second-order valence-corrected chi connectivity index (χ2v) is 4.10. The largest absolute Gasteiger partial charge is 0.416 e. The predicted molar refractivity (Wildman–Crippen MR) is 77.1 cm³/mol. The number of hydrogen-bond donors (Lipinski definition) is 2. The van der Waals surface area contributed by atoms with Gasteiger partial charge in [0.1, 0.15) is 5.82 Å². The van der Waals surface area contributed by atoms with Crippen molar-refractivity contribution in [3.63, 3.8) is 0 Å². The Balaban J connectivity index is 0.000000235. The molecule has 22 heavy (non-hydrogen) atoms. The van der Waals surface area contributed by atoms with Crippen molar-refractivity contribution in [2.45, 2.75) is 6.18 Å². The van der Waals surface area contributed by atoms with Crippen molar-refractivity contribution in [3.8, 4) is 0 Å². The SMILES string of the molecule is CNc1ccc(F)cc1.O=CNc1cccc(C(F)(F)F)c1. The molecule has 0 aliphatic rings. The monoisotopic (exact) mass is 314 g/mol. The van der Waals surface area contributed by atoms with Crippen LogP contribution in [-0.2, 0) is 11.0 Å². The van der Waals surface area contributed by atoms with Gasteiger partial charge in [-0.25, -0.2) is 4.39 Å². The number of alkyl halides is 3. The molecule has 0 spiro atoms. The Morgan fingerprint density at radius 3 is 2.14 bits per heavy atom. The fourth-order valence-corrected chi connectivity index (χ4v) is 1.47. The first-order chi connectivity index (χ1) is 10.4. The van der Waals surface area contributed by atoms with Gasteiger partial charge < -0.3 is 10.6 Å². The van der Waals surface area contributed by atoms with Gasteiger partial charge in [-0.1, -0.05) is 6.07 Å². The van der Waals surface area contributed by atoms with E-state index in [1.165, 1.54) is 24.3 Å². The summed E-state index contributed by atoms with van der Waals surface area (Å²) in [5, 5.41) is 5.03. The molecule has 0 aliphatic carbocycles. The highest BCUT2D eigenvalue weighted by Crippen LogP contribution is 2.30. The smallest absolute Gasteiger partial charge is 0.388 e. The van der Waals surface area contributed by atoms with Gasteiger partial charge in [-0.3, -0.25) is 4.79 Å². The molecule has 0 saturated heterocycles. The molecule has 0 unspecified atom stereocenters. The van der Waals surface area contributed by atoms with Crippen LogP contribution in [0, 0.1) is 5.82 Å². The maximum absolute atomic E-state index is 12.2. The summed E-state index contributed by atoms with van der Waals surface area (Å²) >= 11 is 0. The lowest BCUT2D eigenvalue weighted by Gasteiger charge is -2.07. The molecule has 0 heterocycles. The Morgan fingerprint density at radius 2 is 1.64 bits per heavy atom. The summed E-state index contributed by atoms with van der Waals surface area (Å²) in [5.41, 5.74) is 0.278. The van der Waals surface area contributed by atoms with E-state index in [-0.39, 0.29) is 11.5 Å². The molecule has 0 fully saturated rings. The molecule has 2 N–H and O–H groups in total. The van der Waals surface area contributed by atoms with Crippen molar-refractivity contribution in [3.05, 3.63) is 59.9 Å². The number of carbonyl (C=O) groups is 1. The molecule has 0 aliphatic heterocycles. The average Bonchev–Trinajstić information content (AvgIpc) is 2.48. The van der Waals surface area contributed by atoms with E-state index in [9.17, 15) is 22.4 Å². The Kier molecular flexibility index (Phi) is 6.37. The van der Waals surface area contributed by atoms with Gasteiger partial charge in [0.2, 0.25) is 6.41 Å². The van der Waals surface area contributed by atoms with Crippen LogP contribution in [0.2, 0.25) is 0 Å². The van der Waals surface area contributed by atoms with Gasteiger partial charge in [0, 0.05) is 18.4 Å². The highest BCUT2D eigenvalue weighted by molar-refractivity contribution is 5.71. The third-order valence-electron chi connectivity index (χ3n) is 2.55. The van der Waals surface area contributed by atoms with Crippen LogP contribution in [0.4, 0.5) is 28.9 Å². The molecular formula is C15H14F4N2O. The van der Waals surface area contributed by atoms with Crippen molar-refractivity contribution in [2.24, 2.45) is 0 Å². The second kappa shape index (κ2) is 8.02. The molecule has 0 aromatic heterocycles. The lowest BCUT2D eigenvalue weighted by atomic mass is 10.2. The van der Waals surface area contributed by atoms with Crippen molar-refractivity contribution >= 4 is 17.8 Å². The van der Waals surface area contributed by atoms with Crippen LogP contribution in [0.1, 0.15) is 5.56 Å². The molecule has 0 saturated carbocycles. The standard InChI is InChI=1S/C8H6F3NO.C7H8FN/c9-8(10,11)6-2-1-3-7(4-6)12-5-13;1-9-7-4-2-6(8)3-5-7/h1-5H,(H,12,13);2-5,9H,1H3. The van der Waals surface area contributed by atoms with Gasteiger partial charge in [-0.15, -0.1) is 0 Å². The van der Waals surface area contributed by atoms with Gasteiger partial charge in [0.05, 0.1) is 5.56 Å². The van der Waals surface area contributed by atoms with E-state index in [0.717, 1.165) is 17.8 Å². The summed E-state index contributed by atoms with van der Waals surface area (Å²) in [6, 6.07) is 10.6. The quantitative estimate of drug-likeness (QED) is 0.660. The maximum atomic E-state index is 12.2. The number of amides is 1. The number of hydrogen-bond acceptors (Lipinski definition) is 2. The average molecular weight is 314 g/mol. The molecule has 2 aromatic carbocycles. The van der Waals surface area contributed by atoms with E-state index in [1.54, 1.807) is 19.2 Å². The lowest BCUT2D eigenvalue weighted by Crippen LogP contribution is -2.05. The Morgan fingerprint density at radius 1 is 1.00 bits per heavy atom. The highest BCUT2D eigenvalue weighted by atomic mass is 19.4. The van der Waals surface area contributed by atoms with E-state index in [1.807, 2.05) is 0 Å². The van der Waals surface area contributed by atoms with E-state index in [4.69, 9.17) is 0 Å². The van der Waals surface area contributed by atoms with Gasteiger partial charge >= 0.3 is 6.18 Å². The summed E-state index contributed by atoms with van der Waals surface area (Å²) in [6.45, 7) is 0. The first-order valence-corrected chi connectivity index (χ1v) is 6.17. The van der Waals surface area contributed by atoms with E-state index >= 15 is 0 Å². The van der Waals surface area contributed by atoms with Crippen molar-refractivity contribution in [1.82, 2.24) is 0 Å². The number of nitrogens with one attached hydrogen (secondary N) is 2. The molecule has 2 aromatic rings. The van der Waals surface area contributed by atoms with E-state index in [0.29, 0.717) is 6.41 Å². The van der Waals surface area contributed by atoms with Crippen LogP contribution in [0.3, 0.4) is 0 Å². The van der Waals surface area contributed by atoms with Crippen LogP contribution >= 0.6 is 0 Å². The Hall–Kier alpha value is -2.57. The Bertz CT molecular complexity index is 597. The fraction of sp³-hybridized carbons (Fsp3) is 0.133. The molecule has 7 heteroatoms. The molecule has 3 nitrogen and oxygen atoms in total. The predicted octanol–water partition coefficient (Wildman–Crippen LogP) is 4.14. The van der Waals surface area contributed by atoms with Gasteiger partial charge in [0.25, 0.3) is 0 Å². The van der Waals surface area contributed by atoms with Crippen LogP contribution in [0.25, 0.3) is 0 Å². The van der Waals surface area contributed by atoms with Gasteiger partial charge in [0.15, 0.2) is 0 Å². The molecular weight excluding hydrogens is 300 g/mol. The van der Waals surface area contributed by atoms with Crippen LogP contribution in [0.5, 0.6) is 0 Å². The molecule has 0 bridgehead atoms. The minimum atomic E-state index is -4.37. The third kappa shape index (κ3) is 5.82. The van der Waals surface area contributed by atoms with Crippen molar-refractivity contribution < 1.29 is 22.4 Å². The summed E-state index contributed by atoms with van der Waals surface area (Å²) in [4.78, 5) is 9.94. The van der Waals surface area contributed by atoms with Crippen LogP contribution < -0.4 is 10.6 Å². The first kappa shape index (κ1) is 17.5. The summed E-state index contributed by atoms with van der Waals surface area (Å²) in [5.74, 6) is -0.200. The molecule has 118 valence electrons. The van der Waals surface area contributed by atoms with E-state index < -0.39 is 11.7 Å². The molecule has 0 atom stereocenters. The molecule has 1 amide bonds. The summed E-state index contributed by atoms with van der Waals surface area (Å²) in [6.07, 6.45) is -4.05. The lowest BCUT2D eigenvalue weighted by molar-refractivity contribution is -0.137. The zero-order valence-corrected chi connectivity index (χ0v) is 11.6. The first-order valence-electron chi connectivity index (χ1n) is 6.17. The van der Waals surface area contributed by atoms with Crippen molar-refractivity contribution in [1.29, 1.82) is 0 Å². The number of benzene rings is 2. The molecule has 2 rings (SSSR count). The minimum Gasteiger partial charge on any atom is -0.388 e. The normalized spacial score (nSPS) is 10.2. The topological polar surface area (TPSA) is 41.1 Å². The highest BCUT2D eigenvalue weighted by Gasteiger charge is 2.30. The van der Waals surface area contributed by atoms with E-state index in [2.05, 4.69) is 10.6 Å². The number of rotatable bonds is 3. The third-order valence-corrected chi connectivity index (χ3v) is 2.55. The van der Waals surface area contributed by atoms with Crippen LogP contribution in [0.15, 0.2) is 48.5 Å². The van der Waals surface area contributed by atoms with Crippen molar-refractivity contribution in [2.75, 3.05) is 17.7 Å². The Labute approximate surface area is 125 Å². The second-order valence-electron chi connectivity index (χ2n) is 4.10.